The Morgan fingerprint density at radius 2 is 1.74 bits per heavy atom. The highest BCUT2D eigenvalue weighted by molar-refractivity contribution is 5.83. The summed E-state index contributed by atoms with van der Waals surface area (Å²) in [5.74, 6) is 2.02. The fourth-order valence-electron chi connectivity index (χ4n) is 4.34. The van der Waals surface area contributed by atoms with Gasteiger partial charge in [0.05, 0.1) is 17.4 Å². The van der Waals surface area contributed by atoms with Crippen LogP contribution in [0, 0.1) is 6.92 Å². The second kappa shape index (κ2) is 9.48. The van der Waals surface area contributed by atoms with Crippen molar-refractivity contribution in [3.05, 3.63) is 72.6 Å². The molecule has 2 aromatic carbocycles. The van der Waals surface area contributed by atoms with E-state index in [0.717, 1.165) is 40.9 Å². The highest BCUT2D eigenvalue weighted by Crippen LogP contribution is 2.39. The van der Waals surface area contributed by atoms with Crippen LogP contribution < -0.4 is 15.4 Å². The number of nitrogens with one attached hydrogen (secondary N) is 2. The van der Waals surface area contributed by atoms with Crippen molar-refractivity contribution in [1.82, 2.24) is 19.9 Å². The lowest BCUT2D eigenvalue weighted by Gasteiger charge is -2.50. The molecule has 8 nitrogen and oxygen atoms in total. The van der Waals surface area contributed by atoms with Crippen LogP contribution in [0.4, 0.5) is 23.1 Å². The van der Waals surface area contributed by atoms with Crippen molar-refractivity contribution in [3.8, 4) is 5.75 Å². The van der Waals surface area contributed by atoms with Gasteiger partial charge >= 0.3 is 0 Å². The lowest BCUT2D eigenvalue weighted by Crippen LogP contribution is -2.59. The molecular weight excluding hydrogens is 440 g/mol. The van der Waals surface area contributed by atoms with Gasteiger partial charge in [0, 0.05) is 37.2 Å². The Kier molecular flexibility index (Phi) is 6.23. The highest BCUT2D eigenvalue weighted by atomic mass is 16.5. The smallest absolute Gasteiger partial charge is 0.229 e. The van der Waals surface area contributed by atoms with Crippen molar-refractivity contribution >= 4 is 34.0 Å². The van der Waals surface area contributed by atoms with Crippen molar-refractivity contribution in [2.75, 3.05) is 31.8 Å². The van der Waals surface area contributed by atoms with Crippen LogP contribution in [0.2, 0.25) is 0 Å². The van der Waals surface area contributed by atoms with E-state index in [1.807, 2.05) is 56.7 Å². The van der Waals surface area contributed by atoms with Gasteiger partial charge in [-0.3, -0.25) is 9.88 Å². The topological polar surface area (TPSA) is 84.4 Å². The Bertz CT molecular complexity index is 1320. The summed E-state index contributed by atoms with van der Waals surface area (Å²) in [6, 6.07) is 17.9. The summed E-state index contributed by atoms with van der Waals surface area (Å²) in [6.07, 6.45) is 5.36. The molecular formula is C27H30N6O2. The Labute approximate surface area is 205 Å². The molecule has 0 atom stereocenters. The van der Waals surface area contributed by atoms with Gasteiger partial charge in [-0.25, -0.2) is 4.98 Å². The number of methoxy groups -OCH3 is 1. The standard InChI is InChI=1S/C27H30N6O2/c1-18-5-10-24-19(13-18)14-21(17-29-24)30-25-11-12-28-26(32-25)31-20-6-8-22(9-7-20)35-23-15-27(16-23,34-4)33(2)3/h5-14,17,23H,15-16H2,1-4H3,(H2,28,30,31,32). The zero-order chi connectivity index (χ0) is 24.4. The van der Waals surface area contributed by atoms with Gasteiger partial charge in [0.2, 0.25) is 5.95 Å². The van der Waals surface area contributed by atoms with E-state index in [4.69, 9.17) is 9.47 Å². The van der Waals surface area contributed by atoms with E-state index in [1.54, 1.807) is 13.3 Å². The SMILES string of the molecule is COC1(N(C)C)CC(Oc2ccc(Nc3nccc(Nc4cnc5ccc(C)cc5c4)n3)cc2)C1. The third-order valence-corrected chi connectivity index (χ3v) is 6.47. The molecule has 180 valence electrons. The van der Waals surface area contributed by atoms with E-state index in [2.05, 4.69) is 55.6 Å². The number of pyridine rings is 1. The van der Waals surface area contributed by atoms with Crippen molar-refractivity contribution in [2.45, 2.75) is 31.6 Å². The van der Waals surface area contributed by atoms with Crippen LogP contribution in [-0.4, -0.2) is 52.9 Å². The Balaban J connectivity index is 1.20. The first kappa shape index (κ1) is 23.0. The summed E-state index contributed by atoms with van der Waals surface area (Å²) in [5.41, 5.74) is 3.70. The Morgan fingerprint density at radius 3 is 2.49 bits per heavy atom. The van der Waals surface area contributed by atoms with Gasteiger partial charge in [-0.1, -0.05) is 11.6 Å². The van der Waals surface area contributed by atoms with Crippen LogP contribution in [0.1, 0.15) is 18.4 Å². The number of hydrogen-bond donors (Lipinski definition) is 2. The largest absolute Gasteiger partial charge is 0.490 e. The number of rotatable bonds is 8. The average molecular weight is 471 g/mol. The summed E-state index contributed by atoms with van der Waals surface area (Å²) in [5, 5.41) is 7.65. The van der Waals surface area contributed by atoms with Crippen molar-refractivity contribution < 1.29 is 9.47 Å². The normalized spacial score (nSPS) is 19.4. The molecule has 0 unspecified atom stereocenters. The molecule has 0 saturated heterocycles. The number of anilines is 4. The van der Waals surface area contributed by atoms with Gasteiger partial charge in [0.15, 0.2) is 0 Å². The second-order valence-corrected chi connectivity index (χ2v) is 9.15. The molecule has 2 aromatic heterocycles. The fraction of sp³-hybridized carbons (Fsp3) is 0.296. The maximum absolute atomic E-state index is 6.10. The fourth-order valence-corrected chi connectivity index (χ4v) is 4.34. The number of ether oxygens (including phenoxy) is 2. The number of fused-ring (bicyclic) bond motifs is 1. The van der Waals surface area contributed by atoms with Crippen LogP contribution in [0.3, 0.4) is 0 Å². The van der Waals surface area contributed by atoms with Gasteiger partial charge in [0.25, 0.3) is 0 Å². The molecule has 4 aromatic rings. The lowest BCUT2D eigenvalue weighted by atomic mass is 9.83. The monoisotopic (exact) mass is 470 g/mol. The zero-order valence-corrected chi connectivity index (χ0v) is 20.4. The third kappa shape index (κ3) is 5.03. The summed E-state index contributed by atoms with van der Waals surface area (Å²) in [4.78, 5) is 15.6. The van der Waals surface area contributed by atoms with Crippen molar-refractivity contribution in [1.29, 1.82) is 0 Å². The van der Waals surface area contributed by atoms with Crippen molar-refractivity contribution in [2.24, 2.45) is 0 Å². The van der Waals surface area contributed by atoms with E-state index >= 15 is 0 Å². The second-order valence-electron chi connectivity index (χ2n) is 9.15. The molecule has 5 rings (SSSR count). The number of hydrogen-bond acceptors (Lipinski definition) is 8. The molecule has 1 aliphatic rings. The quantitative estimate of drug-likeness (QED) is 0.337. The minimum Gasteiger partial charge on any atom is -0.490 e. The third-order valence-electron chi connectivity index (χ3n) is 6.47. The molecule has 0 aliphatic heterocycles. The molecule has 0 bridgehead atoms. The zero-order valence-electron chi connectivity index (χ0n) is 20.4. The van der Waals surface area contributed by atoms with E-state index in [0.29, 0.717) is 11.8 Å². The maximum Gasteiger partial charge on any atom is 0.229 e. The highest BCUT2D eigenvalue weighted by Gasteiger charge is 2.48. The molecule has 1 aliphatic carbocycles. The number of aromatic nitrogens is 3. The van der Waals surface area contributed by atoms with E-state index < -0.39 is 0 Å². The minimum absolute atomic E-state index is 0.149. The van der Waals surface area contributed by atoms with Gasteiger partial charge in [-0.15, -0.1) is 0 Å². The molecule has 2 N–H and O–H groups in total. The average Bonchev–Trinajstić information content (AvgIpc) is 2.82. The molecule has 0 radical (unpaired) electrons. The maximum atomic E-state index is 6.10. The Morgan fingerprint density at radius 1 is 0.943 bits per heavy atom. The molecule has 0 spiro atoms. The summed E-state index contributed by atoms with van der Waals surface area (Å²) in [6.45, 7) is 2.07. The first-order valence-corrected chi connectivity index (χ1v) is 11.7. The molecule has 1 saturated carbocycles. The van der Waals surface area contributed by atoms with Gasteiger partial charge < -0.3 is 20.1 Å². The van der Waals surface area contributed by atoms with Gasteiger partial charge in [-0.2, -0.15) is 4.98 Å². The van der Waals surface area contributed by atoms with E-state index in [1.165, 1.54) is 5.56 Å². The van der Waals surface area contributed by atoms with Gasteiger partial charge in [-0.05, 0) is 69.6 Å². The van der Waals surface area contributed by atoms with E-state index in [-0.39, 0.29) is 11.8 Å². The lowest BCUT2D eigenvalue weighted by molar-refractivity contribution is -0.204. The number of benzene rings is 2. The molecule has 8 heteroatoms. The van der Waals surface area contributed by atoms with Crippen LogP contribution in [0.15, 0.2) is 67.0 Å². The molecule has 35 heavy (non-hydrogen) atoms. The molecule has 0 amide bonds. The van der Waals surface area contributed by atoms with E-state index in [9.17, 15) is 0 Å². The van der Waals surface area contributed by atoms with Crippen LogP contribution in [0.25, 0.3) is 10.9 Å². The predicted molar refractivity (Wildman–Crippen MR) is 139 cm³/mol. The van der Waals surface area contributed by atoms with Gasteiger partial charge in [0.1, 0.15) is 23.4 Å². The number of aryl methyl sites for hydroxylation is 1. The predicted octanol–water partition coefficient (Wildman–Crippen LogP) is 5.27. The minimum atomic E-state index is -0.218. The number of nitrogens with zero attached hydrogens (tertiary/aromatic N) is 4. The molecule has 2 heterocycles. The summed E-state index contributed by atoms with van der Waals surface area (Å²) >= 11 is 0. The van der Waals surface area contributed by atoms with Crippen LogP contribution in [0.5, 0.6) is 5.75 Å². The van der Waals surface area contributed by atoms with Crippen molar-refractivity contribution in [3.63, 3.8) is 0 Å². The summed E-state index contributed by atoms with van der Waals surface area (Å²) in [7, 11) is 5.82. The summed E-state index contributed by atoms with van der Waals surface area (Å²) < 4.78 is 11.8. The first-order valence-electron chi connectivity index (χ1n) is 11.7. The van der Waals surface area contributed by atoms with Crippen LogP contribution >= 0.6 is 0 Å². The molecule has 1 fully saturated rings. The van der Waals surface area contributed by atoms with Crippen LogP contribution in [-0.2, 0) is 4.74 Å². The first-order chi connectivity index (χ1) is 16.9. The Hall–Kier alpha value is -3.75.